The number of methoxy groups -OCH3 is 1. The number of hydrogen-bond donors (Lipinski definition) is 1. The van der Waals surface area contributed by atoms with Gasteiger partial charge in [0.2, 0.25) is 0 Å². The maximum atomic E-state index is 13.3. The molecular weight excluding hydrogens is 478 g/mol. The van der Waals surface area contributed by atoms with Gasteiger partial charge < -0.3 is 14.8 Å². The summed E-state index contributed by atoms with van der Waals surface area (Å²) in [6.07, 6.45) is 0.651. The van der Waals surface area contributed by atoms with E-state index in [4.69, 9.17) is 15.0 Å². The Labute approximate surface area is 214 Å². The van der Waals surface area contributed by atoms with Crippen LogP contribution < -0.4 is 5.32 Å². The van der Waals surface area contributed by atoms with Crippen LogP contribution in [-0.2, 0) is 24.5 Å². The fraction of sp³-hybridized carbons (Fsp3) is 0.385. The van der Waals surface area contributed by atoms with Crippen molar-refractivity contribution < 1.29 is 24.0 Å². The van der Waals surface area contributed by atoms with E-state index in [2.05, 4.69) is 15.3 Å². The molecule has 0 saturated heterocycles. The standard InChI is InChI=1S/C26H29N5O6/c1-4-37-24(32)21-16-26(25(33)36-3,19-11-8-12-20(15-19)31(34)35)17(2)28-23(21)14-13-22(29-30-27)18-9-6-5-7-10-18/h5-12,15,17,22,28H,4,13-14,16H2,1-3H3. The van der Waals surface area contributed by atoms with Crippen LogP contribution in [0.3, 0.4) is 0 Å². The quantitative estimate of drug-likeness (QED) is 0.118. The molecule has 0 bridgehead atoms. The van der Waals surface area contributed by atoms with E-state index in [1.165, 1.54) is 25.3 Å². The number of nitrogens with one attached hydrogen (secondary N) is 1. The molecule has 3 atom stereocenters. The average Bonchev–Trinajstić information content (AvgIpc) is 2.91. The molecular formula is C26H29N5O6. The third kappa shape index (κ3) is 5.73. The highest BCUT2D eigenvalue weighted by Gasteiger charge is 2.51. The Morgan fingerprint density at radius 2 is 2.00 bits per heavy atom. The van der Waals surface area contributed by atoms with Crippen LogP contribution in [0.4, 0.5) is 5.69 Å². The summed E-state index contributed by atoms with van der Waals surface area (Å²) in [6, 6.07) is 14.0. The van der Waals surface area contributed by atoms with Crippen LogP contribution in [-0.4, -0.2) is 36.6 Å². The van der Waals surface area contributed by atoms with Crippen molar-refractivity contribution in [2.45, 2.75) is 50.6 Å². The molecule has 0 radical (unpaired) electrons. The fourth-order valence-corrected chi connectivity index (χ4v) is 4.75. The van der Waals surface area contributed by atoms with Crippen LogP contribution in [0.25, 0.3) is 10.4 Å². The first kappa shape index (κ1) is 27.2. The van der Waals surface area contributed by atoms with E-state index in [0.29, 0.717) is 24.1 Å². The van der Waals surface area contributed by atoms with Crippen LogP contribution in [0.1, 0.15) is 50.3 Å². The number of benzene rings is 2. The minimum Gasteiger partial charge on any atom is -0.468 e. The van der Waals surface area contributed by atoms with Crippen LogP contribution in [0, 0.1) is 10.1 Å². The highest BCUT2D eigenvalue weighted by atomic mass is 16.6. The van der Waals surface area contributed by atoms with Crippen LogP contribution in [0.5, 0.6) is 0 Å². The van der Waals surface area contributed by atoms with Gasteiger partial charge in [-0.25, -0.2) is 4.79 Å². The second kappa shape index (κ2) is 12.0. The lowest BCUT2D eigenvalue weighted by molar-refractivity contribution is -0.385. The minimum atomic E-state index is -1.42. The maximum absolute atomic E-state index is 13.3. The van der Waals surface area contributed by atoms with Gasteiger partial charge in [-0.3, -0.25) is 14.9 Å². The van der Waals surface area contributed by atoms with Crippen molar-refractivity contribution in [2.75, 3.05) is 13.7 Å². The topological polar surface area (TPSA) is 157 Å². The molecule has 0 spiro atoms. The Bertz CT molecular complexity index is 1240. The van der Waals surface area contributed by atoms with Gasteiger partial charge in [0.05, 0.1) is 30.3 Å². The number of azide groups is 1. The van der Waals surface area contributed by atoms with Gasteiger partial charge >= 0.3 is 11.9 Å². The number of nitro benzene ring substituents is 1. The van der Waals surface area contributed by atoms with E-state index in [9.17, 15) is 19.7 Å². The average molecular weight is 508 g/mol. The molecule has 0 aromatic heterocycles. The van der Waals surface area contributed by atoms with Crippen LogP contribution in [0.2, 0.25) is 0 Å². The lowest BCUT2D eigenvalue weighted by Gasteiger charge is -2.42. The van der Waals surface area contributed by atoms with Gasteiger partial charge in [0, 0.05) is 35.2 Å². The highest BCUT2D eigenvalue weighted by Crippen LogP contribution is 2.42. The Hall–Kier alpha value is -4.37. The maximum Gasteiger partial charge on any atom is 0.335 e. The van der Waals surface area contributed by atoms with Crippen LogP contribution in [0.15, 0.2) is 71.0 Å². The molecule has 3 unspecified atom stereocenters. The van der Waals surface area contributed by atoms with Gasteiger partial charge in [-0.1, -0.05) is 47.6 Å². The SMILES string of the molecule is CCOC(=O)C1=C(CCC(N=[N+]=[N-])c2ccccc2)NC(C)C(C(=O)OC)(c2cccc([N+](=O)[O-])c2)C1. The number of nitro groups is 1. The van der Waals surface area contributed by atoms with Crippen molar-refractivity contribution in [3.8, 4) is 0 Å². The Morgan fingerprint density at radius 3 is 2.62 bits per heavy atom. The number of carbonyl (C=O) groups excluding carboxylic acids is 2. The summed E-state index contributed by atoms with van der Waals surface area (Å²) in [6.45, 7) is 3.57. The number of allylic oxidation sites excluding steroid dienone is 1. The van der Waals surface area contributed by atoms with E-state index < -0.39 is 34.4 Å². The van der Waals surface area contributed by atoms with Gasteiger partial charge in [-0.05, 0) is 43.3 Å². The zero-order valence-corrected chi connectivity index (χ0v) is 20.9. The molecule has 0 amide bonds. The van der Waals surface area contributed by atoms with Crippen molar-refractivity contribution in [1.82, 2.24) is 5.32 Å². The Morgan fingerprint density at radius 1 is 1.27 bits per heavy atom. The highest BCUT2D eigenvalue weighted by molar-refractivity contribution is 5.94. The summed E-state index contributed by atoms with van der Waals surface area (Å²) >= 11 is 0. The number of esters is 2. The van der Waals surface area contributed by atoms with Gasteiger partial charge in [0.25, 0.3) is 5.69 Å². The zero-order chi connectivity index (χ0) is 27.0. The number of nitrogens with zero attached hydrogens (tertiary/aromatic N) is 4. The van der Waals surface area contributed by atoms with Gasteiger partial charge in [0.15, 0.2) is 0 Å². The lowest BCUT2D eigenvalue weighted by atomic mass is 9.67. The second-order valence-corrected chi connectivity index (χ2v) is 8.66. The molecule has 2 aromatic rings. The van der Waals surface area contributed by atoms with E-state index in [1.54, 1.807) is 19.9 Å². The second-order valence-electron chi connectivity index (χ2n) is 8.66. The Kier molecular flexibility index (Phi) is 8.86. The number of hydrogen-bond acceptors (Lipinski definition) is 8. The molecule has 1 heterocycles. The third-order valence-electron chi connectivity index (χ3n) is 6.64. The van der Waals surface area contributed by atoms with Gasteiger partial charge in [-0.15, -0.1) is 0 Å². The van der Waals surface area contributed by atoms with E-state index in [-0.39, 0.29) is 24.3 Å². The van der Waals surface area contributed by atoms with E-state index >= 15 is 0 Å². The van der Waals surface area contributed by atoms with Crippen molar-refractivity contribution >= 4 is 17.6 Å². The number of carbonyl (C=O) groups is 2. The molecule has 194 valence electrons. The lowest BCUT2D eigenvalue weighted by Crippen LogP contribution is -2.56. The molecule has 2 aromatic carbocycles. The zero-order valence-electron chi connectivity index (χ0n) is 20.9. The summed E-state index contributed by atoms with van der Waals surface area (Å²) in [5.74, 6) is -1.24. The van der Waals surface area contributed by atoms with Crippen molar-refractivity contribution in [2.24, 2.45) is 5.11 Å². The predicted molar refractivity (Wildman–Crippen MR) is 135 cm³/mol. The third-order valence-corrected chi connectivity index (χ3v) is 6.64. The summed E-state index contributed by atoms with van der Waals surface area (Å²) in [7, 11) is 1.24. The summed E-state index contributed by atoms with van der Waals surface area (Å²) in [5, 5.41) is 18.7. The first-order valence-corrected chi connectivity index (χ1v) is 11.9. The summed E-state index contributed by atoms with van der Waals surface area (Å²) in [5.41, 5.74) is 9.48. The van der Waals surface area contributed by atoms with Crippen molar-refractivity contribution in [1.29, 1.82) is 0 Å². The molecule has 3 rings (SSSR count). The first-order chi connectivity index (χ1) is 17.8. The minimum absolute atomic E-state index is 0.0826. The predicted octanol–water partition coefficient (Wildman–Crippen LogP) is 5.04. The molecule has 0 aliphatic carbocycles. The molecule has 11 heteroatoms. The monoisotopic (exact) mass is 507 g/mol. The largest absolute Gasteiger partial charge is 0.468 e. The normalized spacial score (nSPS) is 19.7. The number of rotatable bonds is 10. The molecule has 1 aliphatic rings. The van der Waals surface area contributed by atoms with Crippen molar-refractivity contribution in [3.63, 3.8) is 0 Å². The molecule has 0 fully saturated rings. The molecule has 0 saturated carbocycles. The molecule has 37 heavy (non-hydrogen) atoms. The fourth-order valence-electron chi connectivity index (χ4n) is 4.75. The number of ether oxygens (including phenoxy) is 2. The van der Waals surface area contributed by atoms with Gasteiger partial charge in [0.1, 0.15) is 5.41 Å². The van der Waals surface area contributed by atoms with E-state index in [1.807, 2.05) is 30.3 Å². The Balaban J connectivity index is 2.07. The van der Waals surface area contributed by atoms with Crippen molar-refractivity contribution in [3.05, 3.63) is 97.6 Å². The molecule has 1 aliphatic heterocycles. The van der Waals surface area contributed by atoms with Gasteiger partial charge in [-0.2, -0.15) is 0 Å². The first-order valence-electron chi connectivity index (χ1n) is 11.9. The molecule has 11 nitrogen and oxygen atoms in total. The molecule has 1 N–H and O–H groups in total. The summed E-state index contributed by atoms with van der Waals surface area (Å²) in [4.78, 5) is 40.3. The number of non-ortho nitro benzene ring substituents is 1. The van der Waals surface area contributed by atoms with Crippen LogP contribution >= 0.6 is 0 Å². The summed E-state index contributed by atoms with van der Waals surface area (Å²) < 4.78 is 10.5. The smallest absolute Gasteiger partial charge is 0.335 e. The van der Waals surface area contributed by atoms with E-state index in [0.717, 1.165) is 5.56 Å².